The Kier molecular flexibility index (Phi) is 5.36. The summed E-state index contributed by atoms with van der Waals surface area (Å²) in [7, 11) is -3.87. The lowest BCUT2D eigenvalue weighted by molar-refractivity contribution is 0.100. The molecule has 0 aliphatic carbocycles. The van der Waals surface area contributed by atoms with Gasteiger partial charge in [-0.05, 0) is 55.8 Å². The SMILES string of the molecule is CC(C)S(=O)(=O)c1c(-c2ccc(C(N)=O)cc2)nc2cc3[nH]ncc3cc2c1-c1ccc(F)cc1. The highest BCUT2D eigenvalue weighted by molar-refractivity contribution is 7.92. The van der Waals surface area contributed by atoms with Crippen LogP contribution in [0.3, 0.4) is 0 Å². The van der Waals surface area contributed by atoms with Gasteiger partial charge in [-0.1, -0.05) is 24.3 Å². The van der Waals surface area contributed by atoms with E-state index in [4.69, 9.17) is 10.7 Å². The van der Waals surface area contributed by atoms with E-state index in [0.29, 0.717) is 33.2 Å². The molecule has 3 aromatic carbocycles. The van der Waals surface area contributed by atoms with Crippen LogP contribution in [0.1, 0.15) is 24.2 Å². The summed E-state index contributed by atoms with van der Waals surface area (Å²) in [6, 6.07) is 15.7. The first kappa shape index (κ1) is 22.7. The number of carbonyl (C=O) groups is 1. The molecule has 7 nitrogen and oxygen atoms in total. The van der Waals surface area contributed by atoms with E-state index in [9.17, 15) is 17.6 Å². The number of pyridine rings is 1. The third-order valence-corrected chi connectivity index (χ3v) is 8.19. The van der Waals surface area contributed by atoms with Gasteiger partial charge in [0.05, 0.1) is 28.2 Å². The highest BCUT2D eigenvalue weighted by Crippen LogP contribution is 2.42. The van der Waals surface area contributed by atoms with Gasteiger partial charge in [-0.25, -0.2) is 17.8 Å². The number of nitrogens with one attached hydrogen (secondary N) is 1. The Balaban J connectivity index is 1.97. The molecule has 0 fully saturated rings. The number of carbonyl (C=O) groups excluding carboxylic acids is 1. The Morgan fingerprint density at radius 2 is 1.66 bits per heavy atom. The quantitative estimate of drug-likeness (QED) is 0.366. The molecule has 0 saturated heterocycles. The lowest BCUT2D eigenvalue weighted by Gasteiger charge is -2.20. The maximum atomic E-state index is 13.8. The number of benzene rings is 3. The largest absolute Gasteiger partial charge is 0.366 e. The van der Waals surface area contributed by atoms with Crippen molar-refractivity contribution in [3.63, 3.8) is 0 Å². The molecule has 0 aliphatic heterocycles. The van der Waals surface area contributed by atoms with Crippen LogP contribution in [0.15, 0.2) is 71.8 Å². The minimum atomic E-state index is -3.87. The summed E-state index contributed by atoms with van der Waals surface area (Å²) in [4.78, 5) is 16.4. The fraction of sp³-hybridized carbons (Fsp3) is 0.115. The standard InChI is InChI=1S/C26H21FN4O3S/c1-14(2)35(33,34)25-23(15-7-9-19(27)10-8-15)20-11-18-13-29-31-21(18)12-22(20)30-24(25)16-3-5-17(6-4-16)26(28)32/h3-14H,1-2H3,(H2,28,32)(H,29,31). The van der Waals surface area contributed by atoms with E-state index in [2.05, 4.69) is 10.2 Å². The molecule has 0 atom stereocenters. The first-order valence-electron chi connectivity index (χ1n) is 10.9. The molecule has 0 aliphatic rings. The summed E-state index contributed by atoms with van der Waals surface area (Å²) < 4.78 is 41.4. The number of nitrogens with zero attached hydrogens (tertiary/aromatic N) is 2. The lowest BCUT2D eigenvalue weighted by atomic mass is 9.97. The van der Waals surface area contributed by atoms with Gasteiger partial charge in [0.25, 0.3) is 0 Å². The van der Waals surface area contributed by atoms with Crippen LogP contribution in [0.4, 0.5) is 4.39 Å². The molecule has 0 spiro atoms. The van der Waals surface area contributed by atoms with Crippen molar-refractivity contribution in [3.8, 4) is 22.4 Å². The normalized spacial score (nSPS) is 12.0. The monoisotopic (exact) mass is 488 g/mol. The highest BCUT2D eigenvalue weighted by atomic mass is 32.2. The number of nitrogens with two attached hydrogens (primary N) is 1. The Morgan fingerprint density at radius 1 is 1.00 bits per heavy atom. The van der Waals surface area contributed by atoms with Gasteiger partial charge < -0.3 is 5.73 Å². The predicted octanol–water partition coefficient (Wildman–Crippen LogP) is 4.87. The highest BCUT2D eigenvalue weighted by Gasteiger charge is 2.30. The number of amides is 1. The van der Waals surface area contributed by atoms with E-state index in [0.717, 1.165) is 10.9 Å². The second-order valence-corrected chi connectivity index (χ2v) is 11.0. The Bertz CT molecular complexity index is 1710. The molecule has 35 heavy (non-hydrogen) atoms. The van der Waals surface area contributed by atoms with E-state index >= 15 is 0 Å². The van der Waals surface area contributed by atoms with Crippen LogP contribution in [0.5, 0.6) is 0 Å². The number of aromatic nitrogens is 3. The molecule has 2 heterocycles. The fourth-order valence-corrected chi connectivity index (χ4v) is 5.51. The molecule has 2 aromatic heterocycles. The van der Waals surface area contributed by atoms with Crippen molar-refractivity contribution in [3.05, 3.63) is 78.2 Å². The molecule has 0 radical (unpaired) electrons. The first-order valence-corrected chi connectivity index (χ1v) is 12.4. The Hall–Kier alpha value is -4.11. The molecule has 0 unspecified atom stereocenters. The summed E-state index contributed by atoms with van der Waals surface area (Å²) >= 11 is 0. The molecule has 9 heteroatoms. The van der Waals surface area contributed by atoms with E-state index in [1.54, 1.807) is 50.4 Å². The van der Waals surface area contributed by atoms with Gasteiger partial charge in [0.2, 0.25) is 5.91 Å². The molecular weight excluding hydrogens is 467 g/mol. The number of primary amides is 1. The van der Waals surface area contributed by atoms with Gasteiger partial charge >= 0.3 is 0 Å². The number of rotatable bonds is 5. The van der Waals surface area contributed by atoms with Crippen LogP contribution >= 0.6 is 0 Å². The number of fused-ring (bicyclic) bond motifs is 2. The zero-order valence-corrected chi connectivity index (χ0v) is 19.7. The maximum absolute atomic E-state index is 13.8. The molecule has 5 aromatic rings. The van der Waals surface area contributed by atoms with Crippen molar-refractivity contribution in [2.75, 3.05) is 0 Å². The molecule has 176 valence electrons. The van der Waals surface area contributed by atoms with Crippen LogP contribution in [0.25, 0.3) is 44.2 Å². The molecular formula is C26H21FN4O3S. The number of halogens is 1. The predicted molar refractivity (Wildman–Crippen MR) is 133 cm³/mol. The third-order valence-electron chi connectivity index (χ3n) is 5.98. The number of H-pyrrole nitrogens is 1. The minimum Gasteiger partial charge on any atom is -0.366 e. The van der Waals surface area contributed by atoms with Gasteiger partial charge in [-0.3, -0.25) is 9.89 Å². The Labute approximate surface area is 200 Å². The summed E-state index contributed by atoms with van der Waals surface area (Å²) in [6.07, 6.45) is 1.65. The van der Waals surface area contributed by atoms with Gasteiger partial charge in [0.15, 0.2) is 9.84 Å². The van der Waals surface area contributed by atoms with Gasteiger partial charge in [-0.15, -0.1) is 0 Å². The van der Waals surface area contributed by atoms with Crippen molar-refractivity contribution in [1.29, 1.82) is 0 Å². The molecule has 5 rings (SSSR count). The lowest BCUT2D eigenvalue weighted by Crippen LogP contribution is -2.17. The smallest absolute Gasteiger partial charge is 0.248 e. The summed E-state index contributed by atoms with van der Waals surface area (Å²) in [5.41, 5.74) is 8.66. The summed E-state index contributed by atoms with van der Waals surface area (Å²) in [5.74, 6) is -1.02. The second kappa shape index (κ2) is 8.28. The molecule has 1 amide bonds. The average molecular weight is 489 g/mol. The van der Waals surface area contributed by atoms with Crippen molar-refractivity contribution in [2.24, 2.45) is 5.73 Å². The topological polar surface area (TPSA) is 119 Å². The van der Waals surface area contributed by atoms with E-state index < -0.39 is 26.8 Å². The van der Waals surface area contributed by atoms with Crippen LogP contribution in [0.2, 0.25) is 0 Å². The molecule has 0 saturated carbocycles. The van der Waals surface area contributed by atoms with Gasteiger partial charge in [0.1, 0.15) is 10.7 Å². The van der Waals surface area contributed by atoms with Crippen molar-refractivity contribution >= 4 is 37.6 Å². The van der Waals surface area contributed by atoms with Crippen molar-refractivity contribution in [1.82, 2.24) is 15.2 Å². The summed E-state index contributed by atoms with van der Waals surface area (Å²) in [5, 5.41) is 7.63. The second-order valence-electron chi connectivity index (χ2n) is 8.53. The Morgan fingerprint density at radius 3 is 2.29 bits per heavy atom. The number of hydrogen-bond acceptors (Lipinski definition) is 5. The zero-order valence-electron chi connectivity index (χ0n) is 18.9. The molecule has 3 N–H and O–H groups in total. The van der Waals surface area contributed by atoms with E-state index in [-0.39, 0.29) is 10.6 Å². The molecule has 0 bridgehead atoms. The van der Waals surface area contributed by atoms with Crippen LogP contribution in [-0.2, 0) is 9.84 Å². The zero-order chi connectivity index (χ0) is 24.9. The van der Waals surface area contributed by atoms with Crippen LogP contribution in [-0.4, -0.2) is 34.8 Å². The number of hydrogen-bond donors (Lipinski definition) is 2. The first-order chi connectivity index (χ1) is 16.7. The maximum Gasteiger partial charge on any atom is 0.248 e. The van der Waals surface area contributed by atoms with Crippen molar-refractivity contribution < 1.29 is 17.6 Å². The summed E-state index contributed by atoms with van der Waals surface area (Å²) in [6.45, 7) is 3.21. The minimum absolute atomic E-state index is 0.0429. The number of sulfone groups is 1. The van der Waals surface area contributed by atoms with Crippen LogP contribution < -0.4 is 5.73 Å². The van der Waals surface area contributed by atoms with Crippen molar-refractivity contribution in [2.45, 2.75) is 24.0 Å². The third kappa shape index (κ3) is 3.83. The van der Waals surface area contributed by atoms with Crippen LogP contribution in [0, 0.1) is 5.82 Å². The van der Waals surface area contributed by atoms with E-state index in [1.807, 2.05) is 6.07 Å². The van der Waals surface area contributed by atoms with Gasteiger partial charge in [0, 0.05) is 27.5 Å². The number of aromatic amines is 1. The average Bonchev–Trinajstić information content (AvgIpc) is 3.29. The van der Waals surface area contributed by atoms with E-state index in [1.165, 1.54) is 24.3 Å². The fourth-order valence-electron chi connectivity index (χ4n) is 4.09. The van der Waals surface area contributed by atoms with Gasteiger partial charge in [-0.2, -0.15) is 5.10 Å².